The molecule has 1 aromatic carbocycles. The van der Waals surface area contributed by atoms with Crippen LogP contribution in [0.4, 0.5) is 5.69 Å². The van der Waals surface area contributed by atoms with Gasteiger partial charge in [0.1, 0.15) is 4.90 Å². The van der Waals surface area contributed by atoms with Crippen molar-refractivity contribution in [2.75, 3.05) is 4.72 Å². The van der Waals surface area contributed by atoms with Crippen LogP contribution in [0.5, 0.6) is 0 Å². The third-order valence-corrected chi connectivity index (χ3v) is 4.85. The Kier molecular flexibility index (Phi) is 3.89. The van der Waals surface area contributed by atoms with Gasteiger partial charge < -0.3 is 0 Å². The summed E-state index contributed by atoms with van der Waals surface area (Å²) in [4.78, 5) is 3.97. The number of anilines is 1. The van der Waals surface area contributed by atoms with E-state index in [1.807, 2.05) is 0 Å². The van der Waals surface area contributed by atoms with Crippen molar-refractivity contribution in [3.63, 3.8) is 0 Å². The van der Waals surface area contributed by atoms with Gasteiger partial charge in [-0.2, -0.15) is 0 Å². The highest BCUT2D eigenvalue weighted by Gasteiger charge is 2.18. The average Bonchev–Trinajstić information content (AvgIpc) is 2.32. The fourth-order valence-electron chi connectivity index (χ4n) is 1.31. The van der Waals surface area contributed by atoms with Gasteiger partial charge in [-0.15, -0.1) is 0 Å². The summed E-state index contributed by atoms with van der Waals surface area (Å²) in [5.41, 5.74) is 0.245. The van der Waals surface area contributed by atoms with E-state index in [9.17, 15) is 8.42 Å². The second-order valence-corrected chi connectivity index (χ2v) is 6.30. The zero-order valence-electron chi connectivity index (χ0n) is 8.97. The molecule has 0 atom stereocenters. The predicted octanol–water partition coefficient (Wildman–Crippen LogP) is 3.30. The summed E-state index contributed by atoms with van der Waals surface area (Å²) >= 11 is 9.08. The van der Waals surface area contributed by atoms with Crippen LogP contribution >= 0.6 is 27.5 Å². The molecular weight excluding hydrogens is 340 g/mol. The summed E-state index contributed by atoms with van der Waals surface area (Å²) in [6, 6.07) is 8.04. The molecule has 0 saturated heterocycles. The fraction of sp³-hybridized carbons (Fsp3) is 0. The molecule has 0 unspecified atom stereocenters. The number of nitrogens with one attached hydrogen (secondary N) is 1. The summed E-state index contributed by atoms with van der Waals surface area (Å²) in [5, 5.41) is 0.292. The van der Waals surface area contributed by atoms with Crippen molar-refractivity contribution < 1.29 is 8.42 Å². The van der Waals surface area contributed by atoms with Crippen LogP contribution < -0.4 is 4.72 Å². The van der Waals surface area contributed by atoms with Gasteiger partial charge in [0.25, 0.3) is 10.0 Å². The van der Waals surface area contributed by atoms with E-state index in [4.69, 9.17) is 11.6 Å². The van der Waals surface area contributed by atoms with E-state index in [0.29, 0.717) is 9.50 Å². The normalized spacial score (nSPS) is 11.2. The summed E-state index contributed by atoms with van der Waals surface area (Å²) in [6.45, 7) is 0. The molecule has 0 aliphatic rings. The molecule has 0 bridgehead atoms. The largest absolute Gasteiger partial charge is 0.277 e. The van der Waals surface area contributed by atoms with Gasteiger partial charge in [0.2, 0.25) is 0 Å². The molecule has 7 heteroatoms. The van der Waals surface area contributed by atoms with Gasteiger partial charge in [0.15, 0.2) is 0 Å². The molecule has 0 saturated carbocycles. The molecule has 94 valence electrons. The first kappa shape index (κ1) is 13.3. The first-order chi connectivity index (χ1) is 8.50. The molecular formula is C11H8BrClN2O2S. The van der Waals surface area contributed by atoms with Gasteiger partial charge in [-0.25, -0.2) is 8.42 Å². The maximum Gasteiger partial charge on any atom is 0.263 e. The minimum Gasteiger partial charge on any atom is -0.277 e. The van der Waals surface area contributed by atoms with Gasteiger partial charge in [0, 0.05) is 10.7 Å². The molecule has 4 nitrogen and oxygen atoms in total. The Hall–Kier alpha value is -1.11. The van der Waals surface area contributed by atoms with E-state index >= 15 is 0 Å². The standard InChI is InChI=1S/C11H8BrClN2O2S/c12-8-3-1-2-4-11(8)18(16,17)15-10-7-14-6-5-9(10)13/h1-7,15H. The van der Waals surface area contributed by atoms with Crippen molar-refractivity contribution in [3.05, 3.63) is 52.2 Å². The van der Waals surface area contributed by atoms with Crippen LogP contribution in [-0.4, -0.2) is 13.4 Å². The second kappa shape index (κ2) is 5.26. The molecule has 0 aliphatic carbocycles. The molecule has 2 aromatic rings. The number of pyridine rings is 1. The molecule has 0 fully saturated rings. The van der Waals surface area contributed by atoms with E-state index in [2.05, 4.69) is 25.6 Å². The number of nitrogens with zero attached hydrogens (tertiary/aromatic N) is 1. The Bertz CT molecular complexity index is 676. The number of sulfonamides is 1. The Morgan fingerprint density at radius 1 is 1.22 bits per heavy atom. The predicted molar refractivity (Wildman–Crippen MR) is 74.2 cm³/mol. The zero-order valence-corrected chi connectivity index (χ0v) is 12.1. The van der Waals surface area contributed by atoms with E-state index < -0.39 is 10.0 Å². The number of rotatable bonds is 3. The van der Waals surface area contributed by atoms with Gasteiger partial charge in [-0.3, -0.25) is 9.71 Å². The molecule has 0 amide bonds. The Morgan fingerprint density at radius 2 is 1.94 bits per heavy atom. The quantitative estimate of drug-likeness (QED) is 0.927. The van der Waals surface area contributed by atoms with Crippen LogP contribution in [0.25, 0.3) is 0 Å². The molecule has 1 aromatic heterocycles. The van der Waals surface area contributed by atoms with Crippen LogP contribution in [0.2, 0.25) is 5.02 Å². The average molecular weight is 348 g/mol. The minimum absolute atomic E-state index is 0.143. The number of aromatic nitrogens is 1. The van der Waals surface area contributed by atoms with E-state index in [0.717, 1.165) is 0 Å². The lowest BCUT2D eigenvalue weighted by Crippen LogP contribution is -2.13. The highest BCUT2D eigenvalue weighted by molar-refractivity contribution is 9.10. The molecule has 1 heterocycles. The number of halogens is 2. The number of benzene rings is 1. The molecule has 0 aliphatic heterocycles. The summed E-state index contributed by atoms with van der Waals surface area (Å²) in [6.07, 6.45) is 2.84. The fourth-order valence-corrected chi connectivity index (χ4v) is 3.59. The van der Waals surface area contributed by atoms with Crippen molar-refractivity contribution in [1.29, 1.82) is 0 Å². The summed E-state index contributed by atoms with van der Waals surface area (Å²) in [7, 11) is -3.69. The van der Waals surface area contributed by atoms with E-state index in [1.54, 1.807) is 18.2 Å². The van der Waals surface area contributed by atoms with E-state index in [-0.39, 0.29) is 10.6 Å². The first-order valence-corrected chi connectivity index (χ1v) is 7.53. The van der Waals surface area contributed by atoms with E-state index in [1.165, 1.54) is 24.5 Å². The van der Waals surface area contributed by atoms with Gasteiger partial charge in [-0.05, 0) is 34.1 Å². The number of hydrogen-bond donors (Lipinski definition) is 1. The Balaban J connectivity index is 2.40. The third kappa shape index (κ3) is 2.82. The highest BCUT2D eigenvalue weighted by Crippen LogP contribution is 2.26. The lowest BCUT2D eigenvalue weighted by atomic mass is 10.4. The maximum absolute atomic E-state index is 12.1. The second-order valence-electron chi connectivity index (χ2n) is 3.39. The van der Waals surface area contributed by atoms with Crippen LogP contribution in [0, 0.1) is 0 Å². The Morgan fingerprint density at radius 3 is 2.61 bits per heavy atom. The molecule has 1 N–H and O–H groups in total. The monoisotopic (exact) mass is 346 g/mol. The Labute approximate surface area is 118 Å². The van der Waals surface area contributed by atoms with Crippen molar-refractivity contribution in [1.82, 2.24) is 4.98 Å². The van der Waals surface area contributed by atoms with Gasteiger partial charge >= 0.3 is 0 Å². The van der Waals surface area contributed by atoms with Crippen molar-refractivity contribution in [2.45, 2.75) is 4.90 Å². The highest BCUT2D eigenvalue weighted by atomic mass is 79.9. The lowest BCUT2D eigenvalue weighted by molar-refractivity contribution is 0.600. The molecule has 18 heavy (non-hydrogen) atoms. The zero-order chi connectivity index (χ0) is 13.2. The van der Waals surface area contributed by atoms with Crippen LogP contribution in [0.3, 0.4) is 0 Å². The first-order valence-electron chi connectivity index (χ1n) is 4.87. The van der Waals surface area contributed by atoms with Crippen LogP contribution in [0.15, 0.2) is 52.1 Å². The van der Waals surface area contributed by atoms with Gasteiger partial charge in [-0.1, -0.05) is 23.7 Å². The maximum atomic E-state index is 12.1. The third-order valence-electron chi connectivity index (χ3n) is 2.14. The summed E-state index contributed by atoms with van der Waals surface area (Å²) in [5.74, 6) is 0. The molecule has 0 radical (unpaired) electrons. The molecule has 2 rings (SSSR count). The van der Waals surface area contributed by atoms with Crippen LogP contribution in [0.1, 0.15) is 0 Å². The summed E-state index contributed by atoms with van der Waals surface area (Å²) < 4.78 is 27.2. The SMILES string of the molecule is O=S(=O)(Nc1cnccc1Cl)c1ccccc1Br. The van der Waals surface area contributed by atoms with Crippen molar-refractivity contribution in [2.24, 2.45) is 0 Å². The van der Waals surface area contributed by atoms with Crippen molar-refractivity contribution in [3.8, 4) is 0 Å². The van der Waals surface area contributed by atoms with Crippen molar-refractivity contribution >= 4 is 43.2 Å². The topological polar surface area (TPSA) is 59.1 Å². The lowest BCUT2D eigenvalue weighted by Gasteiger charge is -2.10. The number of hydrogen-bond acceptors (Lipinski definition) is 3. The minimum atomic E-state index is -3.69. The van der Waals surface area contributed by atoms with Crippen LogP contribution in [-0.2, 0) is 10.0 Å². The smallest absolute Gasteiger partial charge is 0.263 e. The van der Waals surface area contributed by atoms with Gasteiger partial charge in [0.05, 0.1) is 16.9 Å². The molecule has 0 spiro atoms.